The van der Waals surface area contributed by atoms with Crippen LogP contribution >= 0.6 is 23.2 Å². The first-order chi connectivity index (χ1) is 8.22. The molecule has 3 nitrogen and oxygen atoms in total. The molecule has 0 bridgehead atoms. The van der Waals surface area contributed by atoms with Crippen molar-refractivity contribution in [1.29, 1.82) is 0 Å². The lowest BCUT2D eigenvalue weighted by atomic mass is 10.3. The van der Waals surface area contributed by atoms with Crippen molar-refractivity contribution < 1.29 is 4.42 Å². The molecule has 0 fully saturated rings. The van der Waals surface area contributed by atoms with Crippen molar-refractivity contribution in [2.24, 2.45) is 0 Å². The third-order valence-corrected chi connectivity index (χ3v) is 2.69. The van der Waals surface area contributed by atoms with Gasteiger partial charge < -0.3 is 4.42 Å². The Kier molecular flexibility index (Phi) is 2.50. The van der Waals surface area contributed by atoms with Crippen LogP contribution in [0, 0.1) is 0 Å². The summed E-state index contributed by atoms with van der Waals surface area (Å²) in [5, 5.41) is 0.629. The fourth-order valence-corrected chi connectivity index (χ4v) is 2.04. The number of hydrogen-bond donors (Lipinski definition) is 0. The van der Waals surface area contributed by atoms with E-state index in [0.717, 1.165) is 11.1 Å². The molecule has 0 saturated carbocycles. The van der Waals surface area contributed by atoms with Crippen molar-refractivity contribution in [3.63, 3.8) is 0 Å². The second-order valence-corrected chi connectivity index (χ2v) is 4.26. The molecule has 0 unspecified atom stereocenters. The van der Waals surface area contributed by atoms with Crippen molar-refractivity contribution >= 4 is 34.3 Å². The highest BCUT2D eigenvalue weighted by Crippen LogP contribution is 2.27. The van der Waals surface area contributed by atoms with Gasteiger partial charge >= 0.3 is 0 Å². The number of aromatic nitrogens is 2. The van der Waals surface area contributed by atoms with Gasteiger partial charge in [-0.3, -0.25) is 0 Å². The Balaban J connectivity index is 2.20. The molecule has 2 aromatic heterocycles. The molecule has 17 heavy (non-hydrogen) atoms. The van der Waals surface area contributed by atoms with Crippen LogP contribution in [0.1, 0.15) is 0 Å². The second kappa shape index (κ2) is 4.02. The molecule has 1 aromatic carbocycles. The maximum atomic E-state index is 5.83. The number of oxazole rings is 1. The molecule has 3 rings (SSSR count). The van der Waals surface area contributed by atoms with Crippen LogP contribution < -0.4 is 0 Å². The predicted octanol–water partition coefficient (Wildman–Crippen LogP) is 4.20. The molecule has 0 amide bonds. The minimum absolute atomic E-state index is 0.315. The summed E-state index contributed by atoms with van der Waals surface area (Å²) >= 11 is 11.7. The molecule has 0 saturated heterocycles. The SMILES string of the molecule is Clc1cc(-c2nc3ccccc3o2)cc(Cl)n1. The average Bonchev–Trinajstić information content (AvgIpc) is 2.71. The lowest BCUT2D eigenvalue weighted by Crippen LogP contribution is -1.81. The minimum atomic E-state index is 0.315. The largest absolute Gasteiger partial charge is 0.436 e. The van der Waals surface area contributed by atoms with E-state index in [1.165, 1.54) is 0 Å². The zero-order valence-electron chi connectivity index (χ0n) is 8.52. The van der Waals surface area contributed by atoms with Gasteiger partial charge in [-0.15, -0.1) is 0 Å². The normalized spacial score (nSPS) is 10.9. The summed E-state index contributed by atoms with van der Waals surface area (Å²) < 4.78 is 5.61. The summed E-state index contributed by atoms with van der Waals surface area (Å²) in [5.74, 6) is 0.484. The van der Waals surface area contributed by atoms with Gasteiger partial charge in [0, 0.05) is 5.56 Å². The quantitative estimate of drug-likeness (QED) is 0.619. The van der Waals surface area contributed by atoms with Gasteiger partial charge in [-0.1, -0.05) is 35.3 Å². The van der Waals surface area contributed by atoms with Crippen LogP contribution in [0.3, 0.4) is 0 Å². The van der Waals surface area contributed by atoms with Gasteiger partial charge in [-0.05, 0) is 24.3 Å². The molecule has 0 atom stereocenters. The van der Waals surface area contributed by atoms with E-state index in [4.69, 9.17) is 27.6 Å². The molecule has 84 valence electrons. The van der Waals surface area contributed by atoms with E-state index >= 15 is 0 Å². The highest BCUT2D eigenvalue weighted by molar-refractivity contribution is 6.32. The topological polar surface area (TPSA) is 38.9 Å². The van der Waals surface area contributed by atoms with E-state index in [9.17, 15) is 0 Å². The van der Waals surface area contributed by atoms with Crippen LogP contribution in [0.2, 0.25) is 10.3 Å². The molecule has 0 aliphatic rings. The smallest absolute Gasteiger partial charge is 0.227 e. The lowest BCUT2D eigenvalue weighted by Gasteiger charge is -1.96. The van der Waals surface area contributed by atoms with Crippen molar-refractivity contribution in [3.8, 4) is 11.5 Å². The predicted molar refractivity (Wildman–Crippen MR) is 67.3 cm³/mol. The number of fused-ring (bicyclic) bond motifs is 1. The van der Waals surface area contributed by atoms with Crippen LogP contribution in [0.25, 0.3) is 22.6 Å². The number of nitrogens with zero attached hydrogens (tertiary/aromatic N) is 2. The van der Waals surface area contributed by atoms with Crippen molar-refractivity contribution in [2.45, 2.75) is 0 Å². The zero-order chi connectivity index (χ0) is 11.8. The Morgan fingerprint density at radius 3 is 2.35 bits per heavy atom. The summed E-state index contributed by atoms with van der Waals surface area (Å²) in [7, 11) is 0. The summed E-state index contributed by atoms with van der Waals surface area (Å²) in [6.07, 6.45) is 0. The van der Waals surface area contributed by atoms with Gasteiger partial charge in [0.2, 0.25) is 5.89 Å². The van der Waals surface area contributed by atoms with E-state index in [1.54, 1.807) is 12.1 Å². The molecule has 2 heterocycles. The van der Waals surface area contributed by atoms with E-state index in [-0.39, 0.29) is 0 Å². The molecule has 3 aromatic rings. The maximum Gasteiger partial charge on any atom is 0.227 e. The first-order valence-corrected chi connectivity index (χ1v) is 5.67. The number of hydrogen-bond acceptors (Lipinski definition) is 3. The monoisotopic (exact) mass is 264 g/mol. The third kappa shape index (κ3) is 1.99. The Hall–Kier alpha value is -1.58. The van der Waals surface area contributed by atoms with Crippen LogP contribution in [-0.4, -0.2) is 9.97 Å². The fourth-order valence-electron chi connectivity index (χ4n) is 1.58. The van der Waals surface area contributed by atoms with Gasteiger partial charge in [-0.25, -0.2) is 9.97 Å². The molecule has 0 N–H and O–H groups in total. The van der Waals surface area contributed by atoms with E-state index in [2.05, 4.69) is 9.97 Å². The highest BCUT2D eigenvalue weighted by atomic mass is 35.5. The first kappa shape index (κ1) is 10.6. The number of rotatable bonds is 1. The molecule has 0 aliphatic heterocycles. The third-order valence-electron chi connectivity index (χ3n) is 2.30. The number of pyridine rings is 1. The van der Waals surface area contributed by atoms with Gasteiger partial charge in [0.25, 0.3) is 0 Å². The Bertz CT molecular complexity index is 641. The summed E-state index contributed by atoms with van der Waals surface area (Å²) in [5.41, 5.74) is 2.24. The van der Waals surface area contributed by atoms with Crippen molar-refractivity contribution in [1.82, 2.24) is 9.97 Å². The number of para-hydroxylation sites is 2. The Morgan fingerprint density at radius 2 is 1.65 bits per heavy atom. The summed E-state index contributed by atoms with van der Waals surface area (Å²) in [6, 6.07) is 10.9. The number of halogens is 2. The zero-order valence-corrected chi connectivity index (χ0v) is 10.0. The molecular formula is C12H6Cl2N2O. The van der Waals surface area contributed by atoms with Crippen LogP contribution in [0.5, 0.6) is 0 Å². The maximum absolute atomic E-state index is 5.83. The van der Waals surface area contributed by atoms with Crippen molar-refractivity contribution in [2.75, 3.05) is 0 Å². The number of benzene rings is 1. The summed E-state index contributed by atoms with van der Waals surface area (Å²) in [4.78, 5) is 8.23. The molecule has 0 spiro atoms. The summed E-state index contributed by atoms with van der Waals surface area (Å²) in [6.45, 7) is 0. The van der Waals surface area contributed by atoms with Gasteiger partial charge in [0.05, 0.1) is 0 Å². The molecule has 0 radical (unpaired) electrons. The standard InChI is InChI=1S/C12H6Cl2N2O/c13-10-5-7(6-11(14)16-10)12-15-8-3-1-2-4-9(8)17-12/h1-6H. The Labute approximate surface area is 107 Å². The minimum Gasteiger partial charge on any atom is -0.436 e. The fraction of sp³-hybridized carbons (Fsp3) is 0. The van der Waals surface area contributed by atoms with E-state index in [0.29, 0.717) is 21.8 Å². The van der Waals surface area contributed by atoms with Crippen molar-refractivity contribution in [3.05, 3.63) is 46.7 Å². The van der Waals surface area contributed by atoms with Crippen LogP contribution in [0.4, 0.5) is 0 Å². The van der Waals surface area contributed by atoms with Gasteiger partial charge in [-0.2, -0.15) is 0 Å². The molecule has 5 heteroatoms. The average molecular weight is 265 g/mol. The van der Waals surface area contributed by atoms with Crippen LogP contribution in [0.15, 0.2) is 40.8 Å². The molecule has 0 aliphatic carbocycles. The van der Waals surface area contributed by atoms with Gasteiger partial charge in [0.1, 0.15) is 15.8 Å². The molecular weight excluding hydrogens is 259 g/mol. The second-order valence-electron chi connectivity index (χ2n) is 3.49. The van der Waals surface area contributed by atoms with E-state index < -0.39 is 0 Å². The Morgan fingerprint density at radius 1 is 0.941 bits per heavy atom. The highest BCUT2D eigenvalue weighted by Gasteiger charge is 2.09. The van der Waals surface area contributed by atoms with Gasteiger partial charge in [0.15, 0.2) is 5.58 Å². The lowest BCUT2D eigenvalue weighted by molar-refractivity contribution is 0.619. The van der Waals surface area contributed by atoms with Crippen LogP contribution in [-0.2, 0) is 0 Å². The van der Waals surface area contributed by atoms with E-state index in [1.807, 2.05) is 24.3 Å². The first-order valence-electron chi connectivity index (χ1n) is 4.91.